The van der Waals surface area contributed by atoms with Crippen molar-refractivity contribution >= 4 is 17.9 Å². The first-order valence-corrected chi connectivity index (χ1v) is 24.1. The smallest absolute Gasteiger partial charge is 0.306 e. The molecule has 0 N–H and O–H groups in total. The Bertz CT molecular complexity index is 1340. The summed E-state index contributed by atoms with van der Waals surface area (Å²) in [4.78, 5) is 37.8. The largest absolute Gasteiger partial charge is 0.462 e. The highest BCUT2D eigenvalue weighted by atomic mass is 16.6. The Morgan fingerprint density at radius 2 is 0.721 bits per heavy atom. The number of unbranched alkanes of at least 4 members (excludes halogenated alkanes) is 11. The molecule has 0 bridgehead atoms. The van der Waals surface area contributed by atoms with Crippen LogP contribution in [0, 0.1) is 0 Å². The Morgan fingerprint density at radius 3 is 1.23 bits per heavy atom. The van der Waals surface area contributed by atoms with E-state index in [1.807, 2.05) is 12.2 Å². The summed E-state index contributed by atoms with van der Waals surface area (Å²) in [6, 6.07) is 0. The van der Waals surface area contributed by atoms with Gasteiger partial charge in [0.2, 0.25) is 0 Å². The molecule has 0 heterocycles. The van der Waals surface area contributed by atoms with E-state index >= 15 is 0 Å². The lowest BCUT2D eigenvalue weighted by molar-refractivity contribution is -0.166. The van der Waals surface area contributed by atoms with Crippen LogP contribution in [0.3, 0.4) is 0 Å². The minimum atomic E-state index is -0.829. The maximum absolute atomic E-state index is 12.7. The van der Waals surface area contributed by atoms with E-state index in [1.54, 1.807) is 0 Å². The molecule has 0 amide bonds. The van der Waals surface area contributed by atoms with Gasteiger partial charge in [-0.25, -0.2) is 0 Å². The third-order valence-electron chi connectivity index (χ3n) is 9.47. The normalized spacial score (nSPS) is 13.2. The predicted octanol–water partition coefficient (Wildman–Crippen LogP) is 15.7. The number of rotatable bonds is 41. The molecule has 0 saturated carbocycles. The van der Waals surface area contributed by atoms with Crippen molar-refractivity contribution in [3.8, 4) is 0 Å². The molecule has 0 aromatic heterocycles. The van der Waals surface area contributed by atoms with Crippen LogP contribution in [-0.4, -0.2) is 37.2 Å². The van der Waals surface area contributed by atoms with Gasteiger partial charge in [0, 0.05) is 19.3 Å². The molecule has 1 unspecified atom stereocenters. The molecule has 342 valence electrons. The number of hydrogen-bond acceptors (Lipinski definition) is 6. The Balaban J connectivity index is 4.53. The first kappa shape index (κ1) is 56.8. The summed E-state index contributed by atoms with van der Waals surface area (Å²) in [6.45, 7) is 6.23. The van der Waals surface area contributed by atoms with Crippen molar-refractivity contribution in [3.05, 3.63) is 122 Å². The molecule has 0 aromatic rings. The zero-order valence-electron chi connectivity index (χ0n) is 38.9. The van der Waals surface area contributed by atoms with E-state index < -0.39 is 6.10 Å². The monoisotopic (exact) mass is 843 g/mol. The van der Waals surface area contributed by atoms with Crippen molar-refractivity contribution < 1.29 is 28.6 Å². The maximum Gasteiger partial charge on any atom is 0.306 e. The number of ether oxygens (including phenoxy) is 3. The zero-order valence-corrected chi connectivity index (χ0v) is 38.9. The summed E-state index contributed by atoms with van der Waals surface area (Å²) in [5.74, 6) is -1.07. The van der Waals surface area contributed by atoms with E-state index in [1.165, 1.54) is 32.1 Å². The Labute approximate surface area is 373 Å². The predicted molar refractivity (Wildman–Crippen MR) is 260 cm³/mol. The lowest BCUT2D eigenvalue weighted by Crippen LogP contribution is -2.30. The van der Waals surface area contributed by atoms with E-state index in [-0.39, 0.29) is 44.0 Å². The zero-order chi connectivity index (χ0) is 44.4. The van der Waals surface area contributed by atoms with Gasteiger partial charge in [0.1, 0.15) is 13.2 Å². The minimum absolute atomic E-state index is 0.127. The molecule has 0 aliphatic rings. The van der Waals surface area contributed by atoms with Gasteiger partial charge in [-0.3, -0.25) is 14.4 Å². The number of esters is 3. The van der Waals surface area contributed by atoms with Gasteiger partial charge in [-0.15, -0.1) is 0 Å². The van der Waals surface area contributed by atoms with Crippen LogP contribution in [0.4, 0.5) is 0 Å². The summed E-state index contributed by atoms with van der Waals surface area (Å²) in [7, 11) is 0. The molecule has 0 saturated heterocycles. The molecule has 6 heteroatoms. The molecule has 61 heavy (non-hydrogen) atoms. The van der Waals surface area contributed by atoms with E-state index in [4.69, 9.17) is 14.2 Å². The molecule has 0 fully saturated rings. The fourth-order valence-corrected chi connectivity index (χ4v) is 5.91. The third-order valence-corrected chi connectivity index (χ3v) is 9.47. The van der Waals surface area contributed by atoms with Crippen LogP contribution in [0.2, 0.25) is 0 Å². The maximum atomic E-state index is 12.7. The Morgan fingerprint density at radius 1 is 0.361 bits per heavy atom. The average Bonchev–Trinajstić information content (AvgIpc) is 3.26. The lowest BCUT2D eigenvalue weighted by atomic mass is 10.1. The highest BCUT2D eigenvalue weighted by Gasteiger charge is 2.19. The van der Waals surface area contributed by atoms with Crippen LogP contribution in [0.1, 0.15) is 188 Å². The van der Waals surface area contributed by atoms with Crippen LogP contribution in [0.15, 0.2) is 122 Å². The van der Waals surface area contributed by atoms with Gasteiger partial charge in [-0.2, -0.15) is 0 Å². The molecular formula is C55H86O6. The SMILES string of the molecule is CC/C=C\C/C=C\C/C=C\C/C=C\C/C=C\C/C=C\CCC(=O)OCC(COC(=O)CCCC/C=C\C/C=C\CC)OC(=O)CCCCCCCC/C=C\C=C/CCCCC. The molecule has 1 atom stereocenters. The summed E-state index contributed by atoms with van der Waals surface area (Å²) in [5, 5.41) is 0. The summed E-state index contributed by atoms with van der Waals surface area (Å²) >= 11 is 0. The fraction of sp³-hybridized carbons (Fsp3) is 0.582. The summed E-state index contributed by atoms with van der Waals surface area (Å²) in [6.07, 6.45) is 66.3. The van der Waals surface area contributed by atoms with Crippen molar-refractivity contribution in [1.82, 2.24) is 0 Å². The van der Waals surface area contributed by atoms with Crippen LogP contribution in [-0.2, 0) is 28.6 Å². The van der Waals surface area contributed by atoms with E-state index in [2.05, 4.69) is 130 Å². The van der Waals surface area contributed by atoms with E-state index in [9.17, 15) is 14.4 Å². The minimum Gasteiger partial charge on any atom is -0.462 e. The average molecular weight is 843 g/mol. The Kier molecular flexibility index (Phi) is 45.1. The van der Waals surface area contributed by atoms with Gasteiger partial charge >= 0.3 is 17.9 Å². The molecule has 0 aromatic carbocycles. The van der Waals surface area contributed by atoms with Crippen molar-refractivity contribution in [1.29, 1.82) is 0 Å². The number of allylic oxidation sites excluding steroid dienone is 20. The van der Waals surface area contributed by atoms with Crippen molar-refractivity contribution in [2.75, 3.05) is 13.2 Å². The molecule has 6 nitrogen and oxygen atoms in total. The molecule has 0 rings (SSSR count). The number of hydrogen-bond donors (Lipinski definition) is 0. The quantitative estimate of drug-likeness (QED) is 0.0201. The van der Waals surface area contributed by atoms with Gasteiger partial charge < -0.3 is 14.2 Å². The van der Waals surface area contributed by atoms with Crippen LogP contribution >= 0.6 is 0 Å². The molecule has 0 spiro atoms. The molecule has 0 aliphatic heterocycles. The van der Waals surface area contributed by atoms with Gasteiger partial charge in [-0.1, -0.05) is 181 Å². The summed E-state index contributed by atoms with van der Waals surface area (Å²) < 4.78 is 16.6. The Hall–Kier alpha value is -4.19. The van der Waals surface area contributed by atoms with Crippen LogP contribution < -0.4 is 0 Å². The molecular weight excluding hydrogens is 757 g/mol. The summed E-state index contributed by atoms with van der Waals surface area (Å²) in [5.41, 5.74) is 0. The second-order valence-corrected chi connectivity index (χ2v) is 15.3. The van der Waals surface area contributed by atoms with Crippen molar-refractivity contribution in [3.63, 3.8) is 0 Å². The van der Waals surface area contributed by atoms with E-state index in [0.717, 1.165) is 109 Å². The first-order chi connectivity index (χ1) is 30.0. The number of carbonyl (C=O) groups is 3. The van der Waals surface area contributed by atoms with E-state index in [0.29, 0.717) is 12.8 Å². The van der Waals surface area contributed by atoms with Gasteiger partial charge in [-0.05, 0) is 109 Å². The van der Waals surface area contributed by atoms with Gasteiger partial charge in [0.05, 0.1) is 0 Å². The first-order valence-electron chi connectivity index (χ1n) is 24.1. The molecule has 0 aliphatic carbocycles. The molecule has 0 radical (unpaired) electrons. The standard InChI is InChI=1S/C55H86O6/c1-4-7-10-13-16-19-21-23-25-26-27-28-30-31-33-36-39-42-45-48-54(57)60-51-52(50-59-53(56)47-44-41-38-35-18-15-12-9-6-3)61-55(58)49-46-43-40-37-34-32-29-24-22-20-17-14-11-8-5-2/h7,9-10,12,16-20,22-25,27-28,31,33,35,39,42,52H,4-6,8,11,13-15,21,26,29-30,32,34,36-38,40-41,43-51H2,1-3H3/b10-7-,12-9-,19-16-,20-17-,24-22-,25-23-,28-27-,33-31-,35-18-,42-39-. The lowest BCUT2D eigenvalue weighted by Gasteiger charge is -2.18. The number of carbonyl (C=O) groups excluding carboxylic acids is 3. The van der Waals surface area contributed by atoms with Gasteiger partial charge in [0.25, 0.3) is 0 Å². The fourth-order valence-electron chi connectivity index (χ4n) is 5.91. The topological polar surface area (TPSA) is 78.9 Å². The second kappa shape index (κ2) is 48.5. The van der Waals surface area contributed by atoms with Crippen molar-refractivity contribution in [2.24, 2.45) is 0 Å². The third kappa shape index (κ3) is 46.7. The highest BCUT2D eigenvalue weighted by Crippen LogP contribution is 2.12. The second-order valence-electron chi connectivity index (χ2n) is 15.3. The van der Waals surface area contributed by atoms with Crippen LogP contribution in [0.5, 0.6) is 0 Å². The van der Waals surface area contributed by atoms with Crippen molar-refractivity contribution in [2.45, 2.75) is 194 Å². The van der Waals surface area contributed by atoms with Gasteiger partial charge in [0.15, 0.2) is 6.10 Å². The van der Waals surface area contributed by atoms with Crippen LogP contribution in [0.25, 0.3) is 0 Å². The highest BCUT2D eigenvalue weighted by molar-refractivity contribution is 5.71.